The zero-order chi connectivity index (χ0) is 10.3. The molecule has 3 N–H and O–H groups in total. The molecule has 0 amide bonds. The third-order valence-corrected chi connectivity index (χ3v) is 2.08. The molecular weight excluding hydrogens is 180 g/mol. The minimum atomic E-state index is 0.103. The van der Waals surface area contributed by atoms with E-state index in [-0.39, 0.29) is 17.1 Å². The number of rotatable bonds is 0. The molecule has 2 heterocycles. The van der Waals surface area contributed by atoms with Crippen molar-refractivity contribution in [2.75, 3.05) is 5.73 Å². The smallest absolute Gasteiger partial charge is 0.146 e. The highest BCUT2D eigenvalue weighted by molar-refractivity contribution is 5.86. The van der Waals surface area contributed by atoms with Crippen molar-refractivity contribution in [3.8, 4) is 11.8 Å². The number of aromatic nitrogens is 2. The van der Waals surface area contributed by atoms with Gasteiger partial charge >= 0.3 is 0 Å². The van der Waals surface area contributed by atoms with E-state index >= 15 is 0 Å². The molecule has 2 aromatic heterocycles. The monoisotopic (exact) mass is 188 g/mol. The van der Waals surface area contributed by atoms with Crippen LogP contribution in [0.5, 0.6) is 5.75 Å². The predicted octanol–water partition coefficient (Wildman–Crippen LogP) is 0.733. The lowest BCUT2D eigenvalue weighted by Crippen LogP contribution is -1.97. The molecule has 0 spiro atoms. The summed E-state index contributed by atoms with van der Waals surface area (Å²) in [6.45, 7) is 0. The van der Waals surface area contributed by atoms with Gasteiger partial charge in [0.15, 0.2) is 0 Å². The Balaban J connectivity index is 2.91. The zero-order valence-electron chi connectivity index (χ0n) is 7.52. The van der Waals surface area contributed by atoms with Gasteiger partial charge in [0.25, 0.3) is 0 Å². The van der Waals surface area contributed by atoms with Crippen LogP contribution < -0.4 is 5.73 Å². The van der Waals surface area contributed by atoms with Crippen LogP contribution in [0.2, 0.25) is 0 Å². The van der Waals surface area contributed by atoms with E-state index in [1.807, 2.05) is 6.07 Å². The second-order valence-corrected chi connectivity index (χ2v) is 3.03. The first-order valence-corrected chi connectivity index (χ1v) is 3.98. The van der Waals surface area contributed by atoms with Gasteiger partial charge in [-0.2, -0.15) is 5.26 Å². The van der Waals surface area contributed by atoms with Crippen LogP contribution >= 0.6 is 0 Å². The Morgan fingerprint density at radius 3 is 3.00 bits per heavy atom. The van der Waals surface area contributed by atoms with Crippen LogP contribution in [0.3, 0.4) is 0 Å². The van der Waals surface area contributed by atoms with Crippen LogP contribution in [-0.2, 0) is 7.05 Å². The van der Waals surface area contributed by atoms with E-state index in [1.165, 1.54) is 12.3 Å². The molecule has 0 radical (unpaired) electrons. The van der Waals surface area contributed by atoms with E-state index in [2.05, 4.69) is 4.98 Å². The molecule has 0 aromatic carbocycles. The number of hydrogen-bond donors (Lipinski definition) is 2. The molecule has 0 unspecified atom stereocenters. The molecule has 0 aliphatic rings. The molecule has 0 atom stereocenters. The Labute approximate surface area is 80.0 Å². The van der Waals surface area contributed by atoms with Crippen molar-refractivity contribution < 1.29 is 5.11 Å². The summed E-state index contributed by atoms with van der Waals surface area (Å²) in [5.41, 5.74) is 6.39. The number of nitrogens with zero attached hydrogens (tertiary/aromatic N) is 3. The first-order valence-electron chi connectivity index (χ1n) is 3.98. The molecule has 5 heteroatoms. The van der Waals surface area contributed by atoms with Gasteiger partial charge in [-0.3, -0.25) is 0 Å². The largest absolute Gasteiger partial charge is 0.506 e. The first-order chi connectivity index (χ1) is 6.63. The fourth-order valence-corrected chi connectivity index (χ4v) is 1.38. The number of nitrogens with two attached hydrogens (primary N) is 1. The van der Waals surface area contributed by atoms with Crippen molar-refractivity contribution in [2.45, 2.75) is 0 Å². The van der Waals surface area contributed by atoms with Crippen molar-refractivity contribution in [1.82, 2.24) is 9.55 Å². The summed E-state index contributed by atoms with van der Waals surface area (Å²) in [5, 5.41) is 18.7. The number of fused-ring (bicyclic) bond motifs is 1. The number of nitriles is 1. The van der Waals surface area contributed by atoms with E-state index in [0.717, 1.165) is 0 Å². The van der Waals surface area contributed by atoms with Crippen molar-refractivity contribution in [3.63, 3.8) is 0 Å². The number of nitrogen functional groups attached to an aromatic ring is 1. The van der Waals surface area contributed by atoms with E-state index in [0.29, 0.717) is 11.0 Å². The Morgan fingerprint density at radius 2 is 2.36 bits per heavy atom. The molecule has 0 aliphatic carbocycles. The van der Waals surface area contributed by atoms with Gasteiger partial charge < -0.3 is 15.4 Å². The van der Waals surface area contributed by atoms with E-state index in [1.54, 1.807) is 11.6 Å². The average molecular weight is 188 g/mol. The quantitative estimate of drug-likeness (QED) is 0.638. The lowest BCUT2D eigenvalue weighted by molar-refractivity contribution is 0.479. The summed E-state index contributed by atoms with van der Waals surface area (Å²) < 4.78 is 1.65. The number of aryl methyl sites for hydroxylation is 1. The molecule has 5 nitrogen and oxygen atoms in total. The van der Waals surface area contributed by atoms with Crippen molar-refractivity contribution >= 4 is 16.9 Å². The molecule has 0 bridgehead atoms. The number of anilines is 1. The van der Waals surface area contributed by atoms with Crippen LogP contribution in [0.15, 0.2) is 12.3 Å². The first kappa shape index (κ1) is 8.38. The summed E-state index contributed by atoms with van der Waals surface area (Å²) in [4.78, 5) is 4.03. The number of aromatic hydroxyl groups is 1. The maximum atomic E-state index is 9.49. The van der Waals surface area contributed by atoms with Gasteiger partial charge in [-0.1, -0.05) is 0 Å². The van der Waals surface area contributed by atoms with Crippen LogP contribution in [0.4, 0.5) is 5.82 Å². The zero-order valence-corrected chi connectivity index (χ0v) is 7.52. The van der Waals surface area contributed by atoms with Gasteiger partial charge in [0.2, 0.25) is 0 Å². The molecule has 2 rings (SSSR count). The van der Waals surface area contributed by atoms with E-state index in [9.17, 15) is 5.11 Å². The molecule has 0 saturated heterocycles. The molecule has 0 saturated carbocycles. The average Bonchev–Trinajstić information content (AvgIpc) is 2.41. The highest BCUT2D eigenvalue weighted by Gasteiger charge is 2.10. The molecule has 0 aliphatic heterocycles. The minimum absolute atomic E-state index is 0.103. The third kappa shape index (κ3) is 0.977. The third-order valence-electron chi connectivity index (χ3n) is 2.08. The normalized spacial score (nSPS) is 10.3. The van der Waals surface area contributed by atoms with Gasteiger partial charge in [0.1, 0.15) is 23.3 Å². The van der Waals surface area contributed by atoms with Crippen LogP contribution in [0.1, 0.15) is 5.56 Å². The van der Waals surface area contributed by atoms with E-state index < -0.39 is 0 Å². The predicted molar refractivity (Wildman–Crippen MR) is 51.5 cm³/mol. The molecule has 14 heavy (non-hydrogen) atoms. The lowest BCUT2D eigenvalue weighted by atomic mass is 10.2. The van der Waals surface area contributed by atoms with Gasteiger partial charge in [0.05, 0.1) is 10.9 Å². The van der Waals surface area contributed by atoms with Crippen molar-refractivity contribution in [2.24, 2.45) is 7.05 Å². The molecular formula is C9H8N4O. The summed E-state index contributed by atoms with van der Waals surface area (Å²) in [6.07, 6.45) is 1.53. The van der Waals surface area contributed by atoms with E-state index in [4.69, 9.17) is 11.0 Å². The fraction of sp³-hybridized carbons (Fsp3) is 0.111. The summed E-state index contributed by atoms with van der Waals surface area (Å²) in [5.74, 6) is 0.285. The molecule has 70 valence electrons. The van der Waals surface area contributed by atoms with Gasteiger partial charge in [-0.15, -0.1) is 0 Å². The maximum Gasteiger partial charge on any atom is 0.146 e. The summed E-state index contributed by atoms with van der Waals surface area (Å²) in [6, 6.07) is 3.45. The second kappa shape index (κ2) is 2.64. The summed E-state index contributed by atoms with van der Waals surface area (Å²) in [7, 11) is 1.75. The van der Waals surface area contributed by atoms with Gasteiger partial charge in [-0.25, -0.2) is 4.98 Å². The number of hydrogen-bond acceptors (Lipinski definition) is 4. The Bertz CT molecular complexity index is 550. The van der Waals surface area contributed by atoms with Crippen molar-refractivity contribution in [3.05, 3.63) is 17.8 Å². The Morgan fingerprint density at radius 1 is 1.64 bits per heavy atom. The minimum Gasteiger partial charge on any atom is -0.506 e. The second-order valence-electron chi connectivity index (χ2n) is 3.03. The molecule has 2 aromatic rings. The van der Waals surface area contributed by atoms with Gasteiger partial charge in [-0.05, 0) is 6.07 Å². The van der Waals surface area contributed by atoms with Gasteiger partial charge in [0, 0.05) is 13.2 Å². The topological polar surface area (TPSA) is 87.9 Å². The Kier molecular flexibility index (Phi) is 1.58. The lowest BCUT2D eigenvalue weighted by Gasteiger charge is -1.98. The van der Waals surface area contributed by atoms with Crippen LogP contribution in [0.25, 0.3) is 11.0 Å². The fourth-order valence-electron chi connectivity index (χ4n) is 1.38. The highest BCUT2D eigenvalue weighted by atomic mass is 16.3. The van der Waals surface area contributed by atoms with Crippen LogP contribution in [-0.4, -0.2) is 14.7 Å². The highest BCUT2D eigenvalue weighted by Crippen LogP contribution is 2.27. The van der Waals surface area contributed by atoms with Crippen molar-refractivity contribution in [1.29, 1.82) is 5.26 Å². The Hall–Kier alpha value is -2.22. The summed E-state index contributed by atoms with van der Waals surface area (Å²) >= 11 is 0. The maximum absolute atomic E-state index is 9.49. The SMILES string of the molecule is Cn1cc(O)c2cc(C#N)c(N)nc21. The van der Waals surface area contributed by atoms with Crippen LogP contribution in [0, 0.1) is 11.3 Å². The number of pyridine rings is 1. The molecule has 0 fully saturated rings. The standard InChI is InChI=1S/C9H8N4O/c1-13-4-7(14)6-2-5(3-10)8(11)12-9(6)13/h2,4,14H,1H3,(H2,11,12).